The Balaban J connectivity index is 2.47. The third kappa shape index (κ3) is 3.78. The molecule has 0 aliphatic heterocycles. The molecule has 0 aliphatic rings. The molecule has 0 saturated carbocycles. The molecule has 84 valence electrons. The van der Waals surface area contributed by atoms with Gasteiger partial charge < -0.3 is 5.32 Å². The molecule has 0 bridgehead atoms. The van der Waals surface area contributed by atoms with Gasteiger partial charge in [-0.05, 0) is 41.9 Å². The molecule has 1 aromatic heterocycles. The van der Waals surface area contributed by atoms with E-state index in [0.717, 1.165) is 8.66 Å². The summed E-state index contributed by atoms with van der Waals surface area (Å²) in [5.74, 6) is 0.314. The first-order chi connectivity index (χ1) is 6.95. The van der Waals surface area contributed by atoms with Crippen LogP contribution < -0.4 is 5.32 Å². The molecule has 0 atom stereocenters. The lowest BCUT2D eigenvalue weighted by Gasteiger charge is -2.19. The van der Waals surface area contributed by atoms with Crippen molar-refractivity contribution in [1.82, 2.24) is 5.32 Å². The van der Waals surface area contributed by atoms with Gasteiger partial charge in [0.1, 0.15) is 0 Å². The molecule has 1 rings (SSSR count). The summed E-state index contributed by atoms with van der Waals surface area (Å²) < 4.78 is 1.07. The number of carbonyl (C=O) groups excluding carboxylic acids is 1. The van der Waals surface area contributed by atoms with E-state index in [0.29, 0.717) is 12.4 Å². The normalized spacial score (nSPS) is 11.5. The topological polar surface area (TPSA) is 29.1 Å². The maximum Gasteiger partial charge on any atom is 0.227 e. The quantitative estimate of drug-likeness (QED) is 0.849. The summed E-state index contributed by atoms with van der Waals surface area (Å²) in [6.07, 6.45) is 0. The van der Waals surface area contributed by atoms with Crippen LogP contribution in [0.3, 0.4) is 0 Å². The van der Waals surface area contributed by atoms with Crippen molar-refractivity contribution < 1.29 is 4.79 Å². The molecule has 0 fully saturated rings. The van der Waals surface area contributed by atoms with Crippen molar-refractivity contribution >= 4 is 44.8 Å². The highest BCUT2D eigenvalue weighted by molar-refractivity contribution is 9.11. The van der Waals surface area contributed by atoms with Crippen LogP contribution in [-0.4, -0.2) is 11.8 Å². The zero-order valence-electron chi connectivity index (χ0n) is 8.64. The van der Waals surface area contributed by atoms with Crippen molar-refractivity contribution in [3.63, 3.8) is 0 Å². The number of carbonyl (C=O) groups is 1. The number of alkyl halides is 1. The fourth-order valence-electron chi connectivity index (χ4n) is 0.914. The zero-order valence-corrected chi connectivity index (χ0v) is 11.8. The number of nitrogens with one attached hydrogen (secondary N) is 1. The Morgan fingerprint density at radius 1 is 1.60 bits per heavy atom. The van der Waals surface area contributed by atoms with Crippen LogP contribution in [0.25, 0.3) is 0 Å². The molecule has 1 N–H and O–H groups in total. The molecule has 0 spiro atoms. The molecule has 0 aliphatic carbocycles. The first-order valence-electron chi connectivity index (χ1n) is 4.54. The lowest BCUT2D eigenvalue weighted by molar-refractivity contribution is -0.128. The maximum absolute atomic E-state index is 11.7. The maximum atomic E-state index is 11.7. The SMILES string of the molecule is CC(C)(CCl)C(=O)NCc1ccc(Br)s1. The number of hydrogen-bond acceptors (Lipinski definition) is 2. The number of halogens is 2. The van der Waals surface area contributed by atoms with Crippen molar-refractivity contribution in [1.29, 1.82) is 0 Å². The van der Waals surface area contributed by atoms with Crippen molar-refractivity contribution in [2.75, 3.05) is 5.88 Å². The monoisotopic (exact) mass is 309 g/mol. The molecule has 5 heteroatoms. The van der Waals surface area contributed by atoms with E-state index in [2.05, 4.69) is 21.2 Å². The summed E-state index contributed by atoms with van der Waals surface area (Å²) in [4.78, 5) is 12.8. The summed E-state index contributed by atoms with van der Waals surface area (Å²) in [6, 6.07) is 3.96. The van der Waals surface area contributed by atoms with Crippen molar-refractivity contribution in [2.45, 2.75) is 20.4 Å². The number of hydrogen-bond donors (Lipinski definition) is 1. The Morgan fingerprint density at radius 3 is 2.73 bits per heavy atom. The van der Waals surface area contributed by atoms with Gasteiger partial charge in [-0.1, -0.05) is 0 Å². The van der Waals surface area contributed by atoms with Crippen LogP contribution >= 0.6 is 38.9 Å². The smallest absolute Gasteiger partial charge is 0.227 e. The molecule has 15 heavy (non-hydrogen) atoms. The van der Waals surface area contributed by atoms with E-state index in [1.54, 1.807) is 11.3 Å². The van der Waals surface area contributed by atoms with Crippen LogP contribution in [0.1, 0.15) is 18.7 Å². The molecule has 2 nitrogen and oxygen atoms in total. The third-order valence-electron chi connectivity index (χ3n) is 2.00. The minimum absolute atomic E-state index is 0.0120. The van der Waals surface area contributed by atoms with Crippen LogP contribution in [0.2, 0.25) is 0 Å². The molecular formula is C10H13BrClNOS. The van der Waals surface area contributed by atoms with E-state index in [9.17, 15) is 4.79 Å². The van der Waals surface area contributed by atoms with Gasteiger partial charge >= 0.3 is 0 Å². The Hall–Kier alpha value is -0.0600. The van der Waals surface area contributed by atoms with Crippen LogP contribution in [0.15, 0.2) is 15.9 Å². The van der Waals surface area contributed by atoms with Crippen molar-refractivity contribution in [2.24, 2.45) is 5.41 Å². The predicted molar refractivity (Wildman–Crippen MR) is 68.4 cm³/mol. The number of amides is 1. The van der Waals surface area contributed by atoms with Gasteiger partial charge in [-0.2, -0.15) is 0 Å². The zero-order chi connectivity index (χ0) is 11.5. The summed E-state index contributed by atoms with van der Waals surface area (Å²) in [6.45, 7) is 4.23. The average molecular weight is 311 g/mol. The van der Waals surface area contributed by atoms with Crippen molar-refractivity contribution in [3.05, 3.63) is 20.8 Å². The second kappa shape index (κ2) is 5.32. The second-order valence-corrected chi connectivity index (χ2v) is 6.72. The highest BCUT2D eigenvalue weighted by atomic mass is 79.9. The van der Waals surface area contributed by atoms with Gasteiger partial charge in [-0.3, -0.25) is 4.79 Å². The summed E-state index contributed by atoms with van der Waals surface area (Å²) in [5.41, 5.74) is -0.504. The van der Waals surface area contributed by atoms with E-state index in [4.69, 9.17) is 11.6 Å². The Bertz CT molecular complexity index is 351. The third-order valence-corrected chi connectivity index (χ3v) is 4.29. The van der Waals surface area contributed by atoms with Gasteiger partial charge in [0.05, 0.1) is 15.7 Å². The van der Waals surface area contributed by atoms with E-state index in [1.165, 1.54) is 0 Å². The van der Waals surface area contributed by atoms with E-state index >= 15 is 0 Å². The van der Waals surface area contributed by atoms with Gasteiger partial charge in [0.15, 0.2) is 0 Å². The summed E-state index contributed by atoms with van der Waals surface area (Å²) in [5, 5.41) is 2.87. The summed E-state index contributed by atoms with van der Waals surface area (Å²) >= 11 is 10.7. The average Bonchev–Trinajstić information content (AvgIpc) is 2.60. The molecular weight excluding hydrogens is 298 g/mol. The Kier molecular flexibility index (Phi) is 4.62. The minimum Gasteiger partial charge on any atom is -0.351 e. The fraction of sp³-hybridized carbons (Fsp3) is 0.500. The van der Waals surface area contributed by atoms with Crippen LogP contribution in [0, 0.1) is 5.41 Å². The highest BCUT2D eigenvalue weighted by Gasteiger charge is 2.25. The molecule has 1 aromatic rings. The van der Waals surface area contributed by atoms with Gasteiger partial charge in [0.2, 0.25) is 5.91 Å². The lowest BCUT2D eigenvalue weighted by Crippen LogP contribution is -2.37. The largest absolute Gasteiger partial charge is 0.351 e. The first-order valence-corrected chi connectivity index (χ1v) is 6.68. The van der Waals surface area contributed by atoms with Gasteiger partial charge in [-0.15, -0.1) is 22.9 Å². The van der Waals surface area contributed by atoms with Crippen LogP contribution in [0.5, 0.6) is 0 Å². The molecule has 1 heterocycles. The minimum atomic E-state index is -0.504. The fourth-order valence-corrected chi connectivity index (χ4v) is 2.46. The van der Waals surface area contributed by atoms with Gasteiger partial charge in [-0.25, -0.2) is 0 Å². The van der Waals surface area contributed by atoms with E-state index in [1.807, 2.05) is 26.0 Å². The predicted octanol–water partition coefficient (Wildman–Crippen LogP) is 3.39. The molecule has 0 saturated heterocycles. The standard InChI is InChI=1S/C10H13BrClNOS/c1-10(2,6-12)9(14)13-5-7-3-4-8(11)15-7/h3-4H,5-6H2,1-2H3,(H,13,14). The molecule has 0 aromatic carbocycles. The van der Waals surface area contributed by atoms with Gasteiger partial charge in [0, 0.05) is 10.8 Å². The molecule has 0 radical (unpaired) electrons. The summed E-state index contributed by atoms with van der Waals surface area (Å²) in [7, 11) is 0. The van der Waals surface area contributed by atoms with Crippen LogP contribution in [0.4, 0.5) is 0 Å². The number of rotatable bonds is 4. The van der Waals surface area contributed by atoms with Crippen molar-refractivity contribution in [3.8, 4) is 0 Å². The second-order valence-electron chi connectivity index (χ2n) is 3.91. The molecule has 1 amide bonds. The first kappa shape index (κ1) is 13.0. The Morgan fingerprint density at radius 2 is 2.27 bits per heavy atom. The van der Waals surface area contributed by atoms with E-state index < -0.39 is 5.41 Å². The lowest BCUT2D eigenvalue weighted by atomic mass is 9.95. The number of thiophene rings is 1. The van der Waals surface area contributed by atoms with Gasteiger partial charge in [0.25, 0.3) is 0 Å². The Labute approximate surface area is 107 Å². The van der Waals surface area contributed by atoms with Crippen LogP contribution in [-0.2, 0) is 11.3 Å². The highest BCUT2D eigenvalue weighted by Crippen LogP contribution is 2.22. The van der Waals surface area contributed by atoms with E-state index in [-0.39, 0.29) is 5.91 Å². The molecule has 0 unspecified atom stereocenters.